The molecule has 0 fully saturated rings. The third kappa shape index (κ3) is 9.27. The number of rotatable bonds is 6. The van der Waals surface area contributed by atoms with E-state index in [1.165, 1.54) is 12.0 Å². The van der Waals surface area contributed by atoms with Gasteiger partial charge in [-0.15, -0.1) is 24.0 Å². The van der Waals surface area contributed by atoms with Gasteiger partial charge in [-0.25, -0.2) is 0 Å². The zero-order valence-corrected chi connectivity index (χ0v) is 17.1. The zero-order valence-electron chi connectivity index (χ0n) is 14.8. The van der Waals surface area contributed by atoms with Gasteiger partial charge in [0.15, 0.2) is 5.96 Å². The Balaban J connectivity index is 0.00000441. The normalized spacial score (nSPS) is 13.5. The smallest absolute Gasteiger partial charge is 0.191 e. The Morgan fingerprint density at radius 1 is 1.41 bits per heavy atom. The standard InChI is InChI=1S/C16H31N5.HI/c1-13-11-19-21(12-13)10-9-18-15(17-6)20-14(2)7-8-16(3,4)5;/h11-12,14H,7-10H2,1-6H3,(H2,17,18,20);1H. The van der Waals surface area contributed by atoms with E-state index in [1.54, 1.807) is 0 Å². The Kier molecular flexibility index (Phi) is 9.71. The molecule has 1 atom stereocenters. The lowest BCUT2D eigenvalue weighted by atomic mass is 9.89. The molecule has 1 aromatic rings. The number of aliphatic imine (C=N–C) groups is 1. The number of guanidine groups is 1. The number of aryl methyl sites for hydroxylation is 1. The van der Waals surface area contributed by atoms with Crippen LogP contribution in [-0.2, 0) is 6.54 Å². The number of hydrogen-bond donors (Lipinski definition) is 2. The van der Waals surface area contributed by atoms with Crippen LogP contribution < -0.4 is 10.6 Å². The summed E-state index contributed by atoms with van der Waals surface area (Å²) >= 11 is 0. The van der Waals surface area contributed by atoms with Gasteiger partial charge >= 0.3 is 0 Å². The average Bonchev–Trinajstić information content (AvgIpc) is 2.80. The van der Waals surface area contributed by atoms with Crippen LogP contribution >= 0.6 is 24.0 Å². The van der Waals surface area contributed by atoms with Crippen molar-refractivity contribution in [3.8, 4) is 0 Å². The van der Waals surface area contributed by atoms with Crippen LogP contribution in [0.25, 0.3) is 0 Å². The van der Waals surface area contributed by atoms with Crippen LogP contribution in [0.4, 0.5) is 0 Å². The quantitative estimate of drug-likeness (QED) is 0.422. The van der Waals surface area contributed by atoms with Crippen molar-refractivity contribution in [2.75, 3.05) is 13.6 Å². The fourth-order valence-corrected chi connectivity index (χ4v) is 2.03. The molecule has 0 saturated carbocycles. The molecule has 5 nitrogen and oxygen atoms in total. The molecule has 1 aromatic heterocycles. The van der Waals surface area contributed by atoms with Crippen molar-refractivity contribution < 1.29 is 0 Å². The molecule has 1 rings (SSSR count). The molecule has 0 bridgehead atoms. The number of nitrogens with zero attached hydrogens (tertiary/aromatic N) is 3. The lowest BCUT2D eigenvalue weighted by molar-refractivity contribution is 0.346. The highest BCUT2D eigenvalue weighted by Crippen LogP contribution is 2.21. The van der Waals surface area contributed by atoms with Gasteiger partial charge in [0.1, 0.15) is 0 Å². The monoisotopic (exact) mass is 421 g/mol. The molecule has 1 unspecified atom stereocenters. The minimum absolute atomic E-state index is 0. The second-order valence-electron chi connectivity index (χ2n) is 6.92. The molecular weight excluding hydrogens is 389 g/mol. The summed E-state index contributed by atoms with van der Waals surface area (Å²) in [6.07, 6.45) is 6.26. The fourth-order valence-electron chi connectivity index (χ4n) is 2.03. The van der Waals surface area contributed by atoms with Crippen LogP contribution in [0.2, 0.25) is 0 Å². The van der Waals surface area contributed by atoms with Crippen LogP contribution in [0.15, 0.2) is 17.4 Å². The summed E-state index contributed by atoms with van der Waals surface area (Å²) in [6, 6.07) is 0.419. The highest BCUT2D eigenvalue weighted by atomic mass is 127. The van der Waals surface area contributed by atoms with Crippen molar-refractivity contribution in [3.63, 3.8) is 0 Å². The molecule has 128 valence electrons. The first-order chi connectivity index (χ1) is 9.80. The van der Waals surface area contributed by atoms with E-state index in [0.29, 0.717) is 11.5 Å². The van der Waals surface area contributed by atoms with Crippen LogP contribution in [0.3, 0.4) is 0 Å². The number of hydrogen-bond acceptors (Lipinski definition) is 2. The van der Waals surface area contributed by atoms with E-state index in [9.17, 15) is 0 Å². The molecule has 0 aromatic carbocycles. The highest BCUT2D eigenvalue weighted by Gasteiger charge is 2.13. The molecule has 0 radical (unpaired) electrons. The summed E-state index contributed by atoms with van der Waals surface area (Å²) < 4.78 is 1.94. The van der Waals surface area contributed by atoms with Gasteiger partial charge in [0.25, 0.3) is 0 Å². The third-order valence-corrected chi connectivity index (χ3v) is 3.33. The number of halogens is 1. The molecular formula is C16H32IN5. The van der Waals surface area contributed by atoms with Crippen molar-refractivity contribution >= 4 is 29.9 Å². The van der Waals surface area contributed by atoms with E-state index in [4.69, 9.17) is 0 Å². The summed E-state index contributed by atoms with van der Waals surface area (Å²) in [6.45, 7) is 12.7. The van der Waals surface area contributed by atoms with Crippen molar-refractivity contribution in [1.29, 1.82) is 0 Å². The van der Waals surface area contributed by atoms with E-state index in [-0.39, 0.29) is 24.0 Å². The van der Waals surface area contributed by atoms with Gasteiger partial charge < -0.3 is 10.6 Å². The molecule has 0 spiro atoms. The van der Waals surface area contributed by atoms with E-state index >= 15 is 0 Å². The second-order valence-corrected chi connectivity index (χ2v) is 6.92. The molecule has 22 heavy (non-hydrogen) atoms. The van der Waals surface area contributed by atoms with Gasteiger partial charge in [0.05, 0.1) is 12.7 Å². The largest absolute Gasteiger partial charge is 0.355 e. The minimum atomic E-state index is 0. The van der Waals surface area contributed by atoms with Crippen molar-refractivity contribution in [1.82, 2.24) is 20.4 Å². The van der Waals surface area contributed by atoms with Gasteiger partial charge in [-0.05, 0) is 37.7 Å². The fraction of sp³-hybridized carbons (Fsp3) is 0.750. The lowest BCUT2D eigenvalue weighted by Crippen LogP contribution is -2.43. The Morgan fingerprint density at radius 3 is 2.59 bits per heavy atom. The van der Waals surface area contributed by atoms with Gasteiger partial charge in [-0.3, -0.25) is 9.67 Å². The maximum absolute atomic E-state index is 4.27. The molecule has 0 aliphatic carbocycles. The van der Waals surface area contributed by atoms with Crippen LogP contribution in [0.5, 0.6) is 0 Å². The molecule has 1 heterocycles. The van der Waals surface area contributed by atoms with Gasteiger partial charge in [-0.2, -0.15) is 5.10 Å². The Hall–Kier alpha value is -0.790. The minimum Gasteiger partial charge on any atom is -0.355 e. The SMILES string of the molecule is CN=C(NCCn1cc(C)cn1)NC(C)CCC(C)(C)C.I. The van der Waals surface area contributed by atoms with Gasteiger partial charge in [0.2, 0.25) is 0 Å². The first-order valence-electron chi connectivity index (χ1n) is 7.76. The van der Waals surface area contributed by atoms with Gasteiger partial charge in [-0.1, -0.05) is 20.8 Å². The predicted molar refractivity (Wildman–Crippen MR) is 105 cm³/mol. The highest BCUT2D eigenvalue weighted by molar-refractivity contribution is 14.0. The molecule has 0 aliphatic rings. The Bertz CT molecular complexity index is 448. The number of aromatic nitrogens is 2. The summed E-state index contributed by atoms with van der Waals surface area (Å²) in [5, 5.41) is 11.0. The number of nitrogens with one attached hydrogen (secondary N) is 2. The van der Waals surface area contributed by atoms with Crippen LogP contribution in [0.1, 0.15) is 46.1 Å². The third-order valence-electron chi connectivity index (χ3n) is 3.33. The molecule has 2 N–H and O–H groups in total. The van der Waals surface area contributed by atoms with Crippen molar-refractivity contribution in [2.24, 2.45) is 10.4 Å². The topological polar surface area (TPSA) is 54.2 Å². The Labute approximate surface area is 152 Å². The van der Waals surface area contributed by atoms with Crippen molar-refractivity contribution in [3.05, 3.63) is 18.0 Å². The molecule has 0 saturated heterocycles. The van der Waals surface area contributed by atoms with E-state index in [2.05, 4.69) is 48.4 Å². The second kappa shape index (κ2) is 10.1. The lowest BCUT2D eigenvalue weighted by Gasteiger charge is -2.23. The summed E-state index contributed by atoms with van der Waals surface area (Å²) in [7, 11) is 1.81. The Morgan fingerprint density at radius 2 is 2.09 bits per heavy atom. The van der Waals surface area contributed by atoms with Crippen LogP contribution in [0, 0.1) is 12.3 Å². The maximum atomic E-state index is 4.27. The van der Waals surface area contributed by atoms with E-state index in [1.807, 2.05) is 31.0 Å². The maximum Gasteiger partial charge on any atom is 0.191 e. The summed E-state index contributed by atoms with van der Waals surface area (Å²) in [5.41, 5.74) is 1.57. The summed E-state index contributed by atoms with van der Waals surface area (Å²) in [5.74, 6) is 0.861. The van der Waals surface area contributed by atoms with E-state index in [0.717, 1.165) is 25.5 Å². The predicted octanol–water partition coefficient (Wildman–Crippen LogP) is 3.19. The molecule has 0 aliphatic heterocycles. The van der Waals surface area contributed by atoms with Gasteiger partial charge in [0, 0.05) is 25.8 Å². The molecule has 6 heteroatoms. The van der Waals surface area contributed by atoms with E-state index < -0.39 is 0 Å². The average molecular weight is 421 g/mol. The first kappa shape index (κ1) is 21.2. The molecule has 0 amide bonds. The van der Waals surface area contributed by atoms with Crippen molar-refractivity contribution in [2.45, 2.75) is 60.0 Å². The first-order valence-corrected chi connectivity index (χ1v) is 7.76. The summed E-state index contributed by atoms with van der Waals surface area (Å²) in [4.78, 5) is 4.27. The van der Waals surface area contributed by atoms with Crippen LogP contribution in [-0.4, -0.2) is 35.4 Å². The zero-order chi connectivity index (χ0) is 15.9.